The quantitative estimate of drug-likeness (QED) is 0.744. The first-order chi connectivity index (χ1) is 12.5. The van der Waals surface area contributed by atoms with E-state index in [9.17, 15) is 9.59 Å². The smallest absolute Gasteiger partial charge is 0.321 e. The van der Waals surface area contributed by atoms with Crippen molar-refractivity contribution in [1.82, 2.24) is 16.0 Å². The van der Waals surface area contributed by atoms with Crippen LogP contribution in [0.25, 0.3) is 0 Å². The van der Waals surface area contributed by atoms with Crippen LogP contribution in [0, 0.1) is 6.92 Å². The number of aryl methyl sites for hydroxylation is 1. The Morgan fingerprint density at radius 2 is 1.77 bits per heavy atom. The molecule has 0 aliphatic heterocycles. The molecule has 3 N–H and O–H groups in total. The van der Waals surface area contributed by atoms with Crippen molar-refractivity contribution in [2.45, 2.75) is 25.9 Å². The molecular weight excluding hydrogens is 330 g/mol. The van der Waals surface area contributed by atoms with Gasteiger partial charge in [0.05, 0.1) is 7.11 Å². The van der Waals surface area contributed by atoms with E-state index in [2.05, 4.69) is 16.0 Å². The number of hydrogen-bond acceptors (Lipinski definition) is 4. The van der Waals surface area contributed by atoms with E-state index in [0.29, 0.717) is 0 Å². The number of methoxy groups -OCH3 is 1. The predicted octanol–water partition coefficient (Wildman–Crippen LogP) is 2.85. The summed E-state index contributed by atoms with van der Waals surface area (Å²) < 4.78 is 5.45. The molecule has 2 atom stereocenters. The van der Waals surface area contributed by atoms with Gasteiger partial charge in [-0.2, -0.15) is 0 Å². The summed E-state index contributed by atoms with van der Waals surface area (Å²) in [6.45, 7) is 3.96. The minimum Gasteiger partial charge on any atom is -0.496 e. The molecule has 2 aromatic carbocycles. The number of carbonyl (C=O) groups excluding carboxylic acids is 2. The molecule has 0 radical (unpaired) electrons. The van der Waals surface area contributed by atoms with Crippen LogP contribution in [0.1, 0.15) is 35.7 Å². The summed E-state index contributed by atoms with van der Waals surface area (Å²) in [5.74, 6) is 0.322. The molecule has 26 heavy (non-hydrogen) atoms. The molecule has 2 aromatic rings. The van der Waals surface area contributed by atoms with Gasteiger partial charge in [-0.15, -0.1) is 0 Å². The number of imide groups is 1. The number of benzene rings is 2. The Labute approximate surface area is 153 Å². The van der Waals surface area contributed by atoms with Gasteiger partial charge in [-0.3, -0.25) is 15.4 Å². The largest absolute Gasteiger partial charge is 0.496 e. The molecular formula is C20H25N3O3. The van der Waals surface area contributed by atoms with Crippen LogP contribution in [-0.2, 0) is 4.79 Å². The lowest BCUT2D eigenvalue weighted by molar-refractivity contribution is -0.122. The van der Waals surface area contributed by atoms with E-state index in [4.69, 9.17) is 4.74 Å². The minimum absolute atomic E-state index is 0.175. The van der Waals surface area contributed by atoms with E-state index in [1.807, 2.05) is 62.4 Å². The number of rotatable bonds is 6. The zero-order valence-electron chi connectivity index (χ0n) is 15.5. The molecule has 0 fully saturated rings. The van der Waals surface area contributed by atoms with Crippen LogP contribution in [0.5, 0.6) is 5.75 Å². The number of hydrogen-bond donors (Lipinski definition) is 3. The van der Waals surface area contributed by atoms with Crippen molar-refractivity contribution >= 4 is 11.9 Å². The van der Waals surface area contributed by atoms with Gasteiger partial charge in [0.2, 0.25) is 5.91 Å². The van der Waals surface area contributed by atoms with Crippen LogP contribution in [0.15, 0.2) is 48.5 Å². The molecule has 0 bridgehead atoms. The molecule has 0 heterocycles. The van der Waals surface area contributed by atoms with E-state index in [-0.39, 0.29) is 6.04 Å². The first-order valence-electron chi connectivity index (χ1n) is 8.44. The highest BCUT2D eigenvalue weighted by atomic mass is 16.5. The second-order valence-electron chi connectivity index (χ2n) is 6.05. The fourth-order valence-corrected chi connectivity index (χ4v) is 2.75. The maximum Gasteiger partial charge on any atom is 0.321 e. The van der Waals surface area contributed by atoms with Crippen molar-refractivity contribution in [3.8, 4) is 5.75 Å². The lowest BCUT2D eigenvalue weighted by Crippen LogP contribution is -2.44. The Morgan fingerprint density at radius 1 is 1.08 bits per heavy atom. The van der Waals surface area contributed by atoms with Crippen molar-refractivity contribution in [3.63, 3.8) is 0 Å². The first kappa shape index (κ1) is 19.5. The Bertz CT molecular complexity index is 762. The Hall–Kier alpha value is -2.86. The number of carbonyl (C=O) groups is 2. The Morgan fingerprint density at radius 3 is 2.38 bits per heavy atom. The molecule has 138 valence electrons. The van der Waals surface area contributed by atoms with Crippen LogP contribution < -0.4 is 20.7 Å². The normalized spacial score (nSPS) is 12.8. The highest BCUT2D eigenvalue weighted by molar-refractivity contribution is 5.97. The molecule has 0 aromatic heterocycles. The second kappa shape index (κ2) is 9.01. The predicted molar refractivity (Wildman–Crippen MR) is 101 cm³/mol. The molecule has 3 amide bonds. The molecule has 0 aliphatic carbocycles. The molecule has 0 unspecified atom stereocenters. The summed E-state index contributed by atoms with van der Waals surface area (Å²) in [4.78, 5) is 24.2. The summed E-state index contributed by atoms with van der Waals surface area (Å²) >= 11 is 0. The van der Waals surface area contributed by atoms with Crippen LogP contribution in [-0.4, -0.2) is 26.1 Å². The van der Waals surface area contributed by atoms with Crippen molar-refractivity contribution < 1.29 is 14.3 Å². The van der Waals surface area contributed by atoms with Crippen LogP contribution in [0.2, 0.25) is 0 Å². The van der Waals surface area contributed by atoms with E-state index in [1.165, 1.54) is 7.05 Å². The molecule has 0 saturated heterocycles. The SMILES string of the molecule is CNC(=O)NC(=O)[C@H](N[C@@H](C)c1cc(C)ccc1OC)c1ccccc1. The third kappa shape index (κ3) is 4.83. The monoisotopic (exact) mass is 355 g/mol. The van der Waals surface area contributed by atoms with Gasteiger partial charge in [0.25, 0.3) is 0 Å². The van der Waals surface area contributed by atoms with E-state index in [0.717, 1.165) is 22.4 Å². The minimum atomic E-state index is -0.686. The molecule has 2 rings (SSSR count). The first-order valence-corrected chi connectivity index (χ1v) is 8.44. The van der Waals surface area contributed by atoms with Crippen molar-refractivity contribution in [2.24, 2.45) is 0 Å². The van der Waals surface area contributed by atoms with Crippen LogP contribution in [0.4, 0.5) is 4.79 Å². The van der Waals surface area contributed by atoms with Gasteiger partial charge >= 0.3 is 6.03 Å². The van der Waals surface area contributed by atoms with Gasteiger partial charge in [0, 0.05) is 18.7 Å². The molecule has 6 heteroatoms. The summed E-state index contributed by atoms with van der Waals surface area (Å²) in [5, 5.41) is 8.05. The lowest BCUT2D eigenvalue weighted by atomic mass is 10.0. The third-order valence-corrected chi connectivity index (χ3v) is 4.13. The third-order valence-electron chi connectivity index (χ3n) is 4.13. The molecule has 0 saturated carbocycles. The average molecular weight is 355 g/mol. The summed E-state index contributed by atoms with van der Waals surface area (Å²) in [7, 11) is 3.08. The number of amides is 3. The summed E-state index contributed by atoms with van der Waals surface area (Å²) in [6.07, 6.45) is 0. The standard InChI is InChI=1S/C20H25N3O3/c1-13-10-11-17(26-4)16(12-13)14(2)22-18(15-8-6-5-7-9-15)19(24)23-20(25)21-3/h5-12,14,18,22H,1-4H3,(H2,21,23,24,25)/t14-,18+/m0/s1. The van der Waals surface area contributed by atoms with Crippen molar-refractivity contribution in [2.75, 3.05) is 14.2 Å². The van der Waals surface area contributed by atoms with E-state index in [1.54, 1.807) is 7.11 Å². The Kier molecular flexibility index (Phi) is 6.74. The number of urea groups is 1. The van der Waals surface area contributed by atoms with E-state index >= 15 is 0 Å². The van der Waals surface area contributed by atoms with Gasteiger partial charge < -0.3 is 10.1 Å². The maximum absolute atomic E-state index is 12.6. The number of ether oxygens (including phenoxy) is 1. The molecule has 6 nitrogen and oxygen atoms in total. The molecule has 0 aliphatic rings. The topological polar surface area (TPSA) is 79.5 Å². The van der Waals surface area contributed by atoms with Gasteiger partial charge in [-0.1, -0.05) is 48.0 Å². The fraction of sp³-hybridized carbons (Fsp3) is 0.300. The zero-order chi connectivity index (χ0) is 19.1. The van der Waals surface area contributed by atoms with Gasteiger partial charge in [0.1, 0.15) is 11.8 Å². The van der Waals surface area contributed by atoms with Crippen molar-refractivity contribution in [1.29, 1.82) is 0 Å². The average Bonchev–Trinajstić information content (AvgIpc) is 2.66. The van der Waals surface area contributed by atoms with Crippen molar-refractivity contribution in [3.05, 3.63) is 65.2 Å². The highest BCUT2D eigenvalue weighted by Gasteiger charge is 2.25. The maximum atomic E-state index is 12.6. The summed E-state index contributed by atoms with van der Waals surface area (Å²) in [5.41, 5.74) is 2.81. The van der Waals surface area contributed by atoms with Gasteiger partial charge in [0.15, 0.2) is 0 Å². The van der Waals surface area contributed by atoms with E-state index < -0.39 is 18.0 Å². The van der Waals surface area contributed by atoms with Crippen LogP contribution >= 0.6 is 0 Å². The highest BCUT2D eigenvalue weighted by Crippen LogP contribution is 2.28. The summed E-state index contributed by atoms with van der Waals surface area (Å²) in [6, 6.07) is 13.8. The van der Waals surface area contributed by atoms with Gasteiger partial charge in [-0.25, -0.2) is 4.79 Å². The lowest BCUT2D eigenvalue weighted by Gasteiger charge is -2.24. The zero-order valence-corrected chi connectivity index (χ0v) is 15.5. The fourth-order valence-electron chi connectivity index (χ4n) is 2.75. The Balaban J connectivity index is 2.30. The number of nitrogens with one attached hydrogen (secondary N) is 3. The second-order valence-corrected chi connectivity index (χ2v) is 6.05. The van der Waals surface area contributed by atoms with Gasteiger partial charge in [-0.05, 0) is 25.5 Å². The van der Waals surface area contributed by atoms with Crippen LogP contribution in [0.3, 0.4) is 0 Å². The molecule has 0 spiro atoms.